The van der Waals surface area contributed by atoms with Crippen LogP contribution in [0.15, 0.2) is 42.5 Å². The first-order valence-electron chi connectivity index (χ1n) is 7.11. The molecular formula is C17H18F2N2O. The Balaban J connectivity index is 1.97. The van der Waals surface area contributed by atoms with Crippen molar-refractivity contribution in [1.82, 2.24) is 0 Å². The fourth-order valence-corrected chi connectivity index (χ4v) is 1.98. The van der Waals surface area contributed by atoms with Gasteiger partial charge in [0.25, 0.3) is 0 Å². The zero-order valence-electron chi connectivity index (χ0n) is 12.5. The number of aryl methyl sites for hydroxylation is 1. The molecule has 2 aromatic rings. The normalized spacial score (nSPS) is 11.8. The van der Waals surface area contributed by atoms with Crippen molar-refractivity contribution in [1.29, 1.82) is 0 Å². The van der Waals surface area contributed by atoms with Gasteiger partial charge in [-0.25, -0.2) is 8.78 Å². The maximum absolute atomic E-state index is 13.1. The van der Waals surface area contributed by atoms with Gasteiger partial charge >= 0.3 is 0 Å². The molecule has 22 heavy (non-hydrogen) atoms. The van der Waals surface area contributed by atoms with Gasteiger partial charge in [-0.05, 0) is 43.2 Å². The molecule has 1 unspecified atom stereocenters. The molecule has 0 aliphatic rings. The molecule has 0 bridgehead atoms. The topological polar surface area (TPSA) is 41.1 Å². The second-order valence-corrected chi connectivity index (χ2v) is 5.03. The van der Waals surface area contributed by atoms with Gasteiger partial charge in [0.15, 0.2) is 11.6 Å². The minimum Gasteiger partial charge on any atom is -0.374 e. The van der Waals surface area contributed by atoms with E-state index in [1.165, 1.54) is 11.6 Å². The van der Waals surface area contributed by atoms with Gasteiger partial charge in [0.2, 0.25) is 5.91 Å². The summed E-state index contributed by atoms with van der Waals surface area (Å²) in [5.41, 5.74) is 2.23. The third-order valence-electron chi connectivity index (χ3n) is 3.33. The second kappa shape index (κ2) is 7.02. The zero-order valence-corrected chi connectivity index (χ0v) is 12.5. The molecule has 2 N–H and O–H groups in total. The van der Waals surface area contributed by atoms with Crippen molar-refractivity contribution in [3.8, 4) is 0 Å². The first kappa shape index (κ1) is 15.9. The van der Waals surface area contributed by atoms with Crippen molar-refractivity contribution < 1.29 is 13.6 Å². The molecule has 116 valence electrons. The van der Waals surface area contributed by atoms with E-state index in [1.807, 2.05) is 24.3 Å². The quantitative estimate of drug-likeness (QED) is 0.877. The summed E-state index contributed by atoms with van der Waals surface area (Å²) in [5, 5.41) is 5.60. The number of anilines is 2. The molecule has 0 saturated heterocycles. The largest absolute Gasteiger partial charge is 0.374 e. The van der Waals surface area contributed by atoms with Crippen LogP contribution in [0.25, 0.3) is 0 Å². The van der Waals surface area contributed by atoms with Crippen LogP contribution in [-0.4, -0.2) is 11.9 Å². The molecule has 0 fully saturated rings. The van der Waals surface area contributed by atoms with E-state index in [0.29, 0.717) is 11.4 Å². The van der Waals surface area contributed by atoms with Crippen molar-refractivity contribution >= 4 is 17.3 Å². The molecule has 5 heteroatoms. The first-order chi connectivity index (χ1) is 10.5. The summed E-state index contributed by atoms with van der Waals surface area (Å²) in [7, 11) is 0. The number of hydrogen-bond acceptors (Lipinski definition) is 2. The lowest BCUT2D eigenvalue weighted by Crippen LogP contribution is -2.31. The van der Waals surface area contributed by atoms with Crippen LogP contribution in [-0.2, 0) is 11.2 Å². The van der Waals surface area contributed by atoms with Crippen LogP contribution < -0.4 is 10.6 Å². The van der Waals surface area contributed by atoms with Crippen LogP contribution in [0, 0.1) is 11.6 Å². The summed E-state index contributed by atoms with van der Waals surface area (Å²) in [5.74, 6) is -2.12. The third kappa shape index (κ3) is 4.04. The minimum absolute atomic E-state index is 0.256. The monoisotopic (exact) mass is 304 g/mol. The smallest absolute Gasteiger partial charge is 0.246 e. The number of carbonyl (C=O) groups is 1. The average Bonchev–Trinajstić information content (AvgIpc) is 2.51. The Labute approximate surface area is 128 Å². The Morgan fingerprint density at radius 2 is 1.68 bits per heavy atom. The molecule has 2 rings (SSSR count). The fourth-order valence-electron chi connectivity index (χ4n) is 1.98. The highest BCUT2D eigenvalue weighted by Gasteiger charge is 2.13. The predicted molar refractivity (Wildman–Crippen MR) is 83.9 cm³/mol. The van der Waals surface area contributed by atoms with Crippen molar-refractivity contribution in [2.75, 3.05) is 10.6 Å². The second-order valence-electron chi connectivity index (χ2n) is 5.03. The van der Waals surface area contributed by atoms with Gasteiger partial charge in [-0.3, -0.25) is 4.79 Å². The van der Waals surface area contributed by atoms with Crippen LogP contribution in [0.3, 0.4) is 0 Å². The maximum Gasteiger partial charge on any atom is 0.246 e. The third-order valence-corrected chi connectivity index (χ3v) is 3.33. The van der Waals surface area contributed by atoms with Gasteiger partial charge in [0, 0.05) is 17.4 Å². The SMILES string of the molecule is CCc1ccc(NC(=O)C(C)Nc2ccc(F)c(F)c2)cc1. The van der Waals surface area contributed by atoms with Gasteiger partial charge in [0.05, 0.1) is 0 Å². The van der Waals surface area contributed by atoms with E-state index in [0.717, 1.165) is 18.6 Å². The van der Waals surface area contributed by atoms with E-state index in [9.17, 15) is 13.6 Å². The lowest BCUT2D eigenvalue weighted by Gasteiger charge is -2.15. The highest BCUT2D eigenvalue weighted by atomic mass is 19.2. The number of benzene rings is 2. The summed E-state index contributed by atoms with van der Waals surface area (Å²) < 4.78 is 26.0. The molecule has 0 aliphatic heterocycles. The summed E-state index contributed by atoms with van der Waals surface area (Å²) in [6.07, 6.45) is 0.933. The van der Waals surface area contributed by atoms with E-state index in [-0.39, 0.29) is 5.91 Å². The van der Waals surface area contributed by atoms with Gasteiger partial charge in [-0.1, -0.05) is 19.1 Å². The van der Waals surface area contributed by atoms with E-state index < -0.39 is 17.7 Å². The summed E-state index contributed by atoms with van der Waals surface area (Å²) in [4.78, 5) is 12.1. The molecule has 0 spiro atoms. The number of amides is 1. The van der Waals surface area contributed by atoms with Crippen LogP contribution in [0.2, 0.25) is 0 Å². The highest BCUT2D eigenvalue weighted by Crippen LogP contribution is 2.15. The molecule has 2 aromatic carbocycles. The van der Waals surface area contributed by atoms with Gasteiger partial charge in [-0.2, -0.15) is 0 Å². The van der Waals surface area contributed by atoms with E-state index in [4.69, 9.17) is 0 Å². The molecule has 0 aromatic heterocycles. The Morgan fingerprint density at radius 1 is 1.05 bits per heavy atom. The lowest BCUT2D eigenvalue weighted by molar-refractivity contribution is -0.116. The number of nitrogens with one attached hydrogen (secondary N) is 2. The standard InChI is InChI=1S/C17H18F2N2O/c1-3-12-4-6-13(7-5-12)21-17(22)11(2)20-14-8-9-15(18)16(19)10-14/h4-11,20H,3H2,1-2H3,(H,21,22). The van der Waals surface area contributed by atoms with Crippen molar-refractivity contribution in [2.45, 2.75) is 26.3 Å². The van der Waals surface area contributed by atoms with Gasteiger partial charge < -0.3 is 10.6 Å². The molecule has 0 saturated carbocycles. The van der Waals surface area contributed by atoms with Gasteiger partial charge in [-0.15, -0.1) is 0 Å². The minimum atomic E-state index is -0.951. The molecule has 0 aliphatic carbocycles. The van der Waals surface area contributed by atoms with Crippen LogP contribution in [0.4, 0.5) is 20.2 Å². The Hall–Kier alpha value is -2.43. The van der Waals surface area contributed by atoms with E-state index in [2.05, 4.69) is 17.6 Å². The lowest BCUT2D eigenvalue weighted by atomic mass is 10.1. The molecule has 1 amide bonds. The fraction of sp³-hybridized carbons (Fsp3) is 0.235. The molecule has 3 nitrogen and oxygen atoms in total. The van der Waals surface area contributed by atoms with Crippen LogP contribution in [0.1, 0.15) is 19.4 Å². The average molecular weight is 304 g/mol. The maximum atomic E-state index is 13.1. The summed E-state index contributed by atoms with van der Waals surface area (Å²) in [6, 6.07) is 10.4. The molecule has 1 atom stereocenters. The molecule has 0 radical (unpaired) electrons. The zero-order chi connectivity index (χ0) is 16.1. The molecular weight excluding hydrogens is 286 g/mol. The number of rotatable bonds is 5. The van der Waals surface area contributed by atoms with Crippen molar-refractivity contribution in [3.63, 3.8) is 0 Å². The predicted octanol–water partition coefficient (Wildman–Crippen LogP) is 3.97. The Kier molecular flexibility index (Phi) is 5.09. The number of hydrogen-bond donors (Lipinski definition) is 2. The molecule has 0 heterocycles. The highest BCUT2D eigenvalue weighted by molar-refractivity contribution is 5.96. The Bertz CT molecular complexity index is 656. The van der Waals surface area contributed by atoms with Crippen LogP contribution >= 0.6 is 0 Å². The van der Waals surface area contributed by atoms with E-state index in [1.54, 1.807) is 6.92 Å². The van der Waals surface area contributed by atoms with Crippen LogP contribution in [0.5, 0.6) is 0 Å². The first-order valence-corrected chi connectivity index (χ1v) is 7.11. The van der Waals surface area contributed by atoms with Crippen molar-refractivity contribution in [3.05, 3.63) is 59.7 Å². The van der Waals surface area contributed by atoms with Gasteiger partial charge in [0.1, 0.15) is 6.04 Å². The Morgan fingerprint density at radius 3 is 2.27 bits per heavy atom. The number of halogens is 2. The summed E-state index contributed by atoms with van der Waals surface area (Å²) in [6.45, 7) is 3.71. The number of carbonyl (C=O) groups excluding carboxylic acids is 1. The van der Waals surface area contributed by atoms with E-state index >= 15 is 0 Å². The summed E-state index contributed by atoms with van der Waals surface area (Å²) >= 11 is 0. The van der Waals surface area contributed by atoms with Crippen molar-refractivity contribution in [2.24, 2.45) is 0 Å².